The molecule has 2 aromatic heterocycles. The molecule has 0 radical (unpaired) electrons. The summed E-state index contributed by atoms with van der Waals surface area (Å²) in [5.74, 6) is 1.51. The Balaban J connectivity index is 1.32. The lowest BCUT2D eigenvalue weighted by Crippen LogP contribution is -2.29. The molecule has 0 unspecified atom stereocenters. The highest BCUT2D eigenvalue weighted by molar-refractivity contribution is 7.98. The van der Waals surface area contributed by atoms with Crippen molar-refractivity contribution in [2.45, 2.75) is 56.3 Å². The standard InChI is InChI=1S/C21H26ClN7OS2/c1-32-21-27-24-17(29(21)16-5-2-3-6-16)7-4-12-23-18(30)13-28-19(25-26-20(28)31)14-8-10-15(22)11-9-14/h8-11,16H,2-7,12-13H2,1H3,(H,23,30)(H,26,31). The number of carbonyl (C=O) groups is 1. The van der Waals surface area contributed by atoms with Crippen molar-refractivity contribution < 1.29 is 4.79 Å². The number of nitrogens with one attached hydrogen (secondary N) is 2. The van der Waals surface area contributed by atoms with E-state index < -0.39 is 0 Å². The maximum absolute atomic E-state index is 12.6. The van der Waals surface area contributed by atoms with E-state index in [9.17, 15) is 4.79 Å². The van der Waals surface area contributed by atoms with E-state index >= 15 is 0 Å². The first-order valence-corrected chi connectivity index (χ1v) is 12.7. The Kier molecular flexibility index (Phi) is 7.64. The topological polar surface area (TPSA) is 93.4 Å². The molecule has 0 atom stereocenters. The van der Waals surface area contributed by atoms with Crippen LogP contribution in [0.1, 0.15) is 44.0 Å². The lowest BCUT2D eigenvalue weighted by Gasteiger charge is -2.16. The van der Waals surface area contributed by atoms with Gasteiger partial charge in [-0.3, -0.25) is 14.5 Å². The van der Waals surface area contributed by atoms with Crippen molar-refractivity contribution in [1.82, 2.24) is 34.8 Å². The Hall–Kier alpha value is -2.17. The Labute approximate surface area is 201 Å². The van der Waals surface area contributed by atoms with Gasteiger partial charge < -0.3 is 9.88 Å². The number of benzene rings is 1. The molecular formula is C21H26ClN7OS2. The van der Waals surface area contributed by atoms with Crippen molar-refractivity contribution in [1.29, 1.82) is 0 Å². The number of aromatic nitrogens is 6. The molecule has 1 aromatic carbocycles. The minimum atomic E-state index is -0.111. The van der Waals surface area contributed by atoms with E-state index in [1.54, 1.807) is 28.5 Å². The smallest absolute Gasteiger partial charge is 0.240 e. The quantitative estimate of drug-likeness (QED) is 0.261. The van der Waals surface area contributed by atoms with Gasteiger partial charge in [0.25, 0.3) is 0 Å². The van der Waals surface area contributed by atoms with Gasteiger partial charge in [-0.2, -0.15) is 5.10 Å². The first kappa shape index (κ1) is 23.0. The van der Waals surface area contributed by atoms with Gasteiger partial charge in [0, 0.05) is 29.6 Å². The van der Waals surface area contributed by atoms with E-state index in [0.717, 1.165) is 29.4 Å². The van der Waals surface area contributed by atoms with Crippen LogP contribution < -0.4 is 5.32 Å². The lowest BCUT2D eigenvalue weighted by atomic mass is 10.2. The third kappa shape index (κ3) is 5.24. The molecule has 0 saturated heterocycles. The van der Waals surface area contributed by atoms with Gasteiger partial charge in [0.2, 0.25) is 5.91 Å². The summed E-state index contributed by atoms with van der Waals surface area (Å²) >= 11 is 12.9. The number of halogens is 1. The number of nitrogens with zero attached hydrogens (tertiary/aromatic N) is 5. The summed E-state index contributed by atoms with van der Waals surface area (Å²) in [6.45, 7) is 0.661. The molecule has 0 bridgehead atoms. The highest BCUT2D eigenvalue weighted by atomic mass is 35.5. The SMILES string of the molecule is CSc1nnc(CCCNC(=O)Cn2c(-c3ccc(Cl)cc3)n[nH]c2=S)n1C1CCCC1. The van der Waals surface area contributed by atoms with Crippen molar-refractivity contribution in [2.24, 2.45) is 0 Å². The van der Waals surface area contributed by atoms with Crippen LogP contribution in [0.2, 0.25) is 5.02 Å². The van der Waals surface area contributed by atoms with E-state index in [2.05, 4.69) is 30.3 Å². The number of H-pyrrole nitrogens is 1. The first-order chi connectivity index (χ1) is 15.6. The first-order valence-electron chi connectivity index (χ1n) is 10.7. The van der Waals surface area contributed by atoms with Crippen LogP contribution in [0, 0.1) is 4.77 Å². The number of thioether (sulfide) groups is 1. The van der Waals surface area contributed by atoms with E-state index in [4.69, 9.17) is 23.8 Å². The van der Waals surface area contributed by atoms with Crippen LogP contribution in [-0.2, 0) is 17.8 Å². The molecule has 2 N–H and O–H groups in total. The van der Waals surface area contributed by atoms with Crippen LogP contribution in [-0.4, -0.2) is 48.2 Å². The number of amides is 1. The third-order valence-corrected chi connectivity index (χ3v) is 6.88. The Bertz CT molecular complexity index is 1120. The van der Waals surface area contributed by atoms with Gasteiger partial charge in [-0.15, -0.1) is 10.2 Å². The minimum Gasteiger partial charge on any atom is -0.355 e. The Morgan fingerprint density at radius 2 is 2.03 bits per heavy atom. The summed E-state index contributed by atoms with van der Waals surface area (Å²) in [5.41, 5.74) is 0.838. The second-order valence-corrected chi connectivity index (χ2v) is 9.41. The molecule has 11 heteroatoms. The number of aromatic amines is 1. The van der Waals surface area contributed by atoms with E-state index in [1.807, 2.05) is 18.4 Å². The molecule has 4 rings (SSSR count). The van der Waals surface area contributed by atoms with Gasteiger partial charge >= 0.3 is 0 Å². The summed E-state index contributed by atoms with van der Waals surface area (Å²) < 4.78 is 4.40. The zero-order valence-electron chi connectivity index (χ0n) is 17.9. The molecular weight excluding hydrogens is 466 g/mol. The average molecular weight is 492 g/mol. The van der Waals surface area contributed by atoms with E-state index in [0.29, 0.717) is 28.2 Å². The van der Waals surface area contributed by atoms with Crippen molar-refractivity contribution in [2.75, 3.05) is 12.8 Å². The molecule has 1 aliphatic rings. The zero-order valence-corrected chi connectivity index (χ0v) is 20.3. The summed E-state index contributed by atoms with van der Waals surface area (Å²) in [7, 11) is 0. The Morgan fingerprint density at radius 3 is 2.75 bits per heavy atom. The van der Waals surface area contributed by atoms with Crippen molar-refractivity contribution in [3.05, 3.63) is 39.9 Å². The molecule has 32 heavy (non-hydrogen) atoms. The van der Waals surface area contributed by atoms with Crippen LogP contribution in [0.3, 0.4) is 0 Å². The van der Waals surface area contributed by atoms with Crippen molar-refractivity contribution in [3.8, 4) is 11.4 Å². The molecule has 170 valence electrons. The predicted octanol–water partition coefficient (Wildman–Crippen LogP) is 4.44. The fourth-order valence-electron chi connectivity index (χ4n) is 4.10. The molecule has 1 amide bonds. The maximum Gasteiger partial charge on any atom is 0.240 e. The molecule has 1 aliphatic carbocycles. The van der Waals surface area contributed by atoms with E-state index in [-0.39, 0.29) is 12.5 Å². The van der Waals surface area contributed by atoms with Gasteiger partial charge in [-0.1, -0.05) is 36.2 Å². The maximum atomic E-state index is 12.6. The molecule has 1 fully saturated rings. The van der Waals surface area contributed by atoms with Gasteiger partial charge in [0.1, 0.15) is 12.4 Å². The fraction of sp³-hybridized carbons (Fsp3) is 0.476. The highest BCUT2D eigenvalue weighted by Gasteiger charge is 2.23. The van der Waals surface area contributed by atoms with Gasteiger partial charge in [0.05, 0.1) is 0 Å². The summed E-state index contributed by atoms with van der Waals surface area (Å²) in [6, 6.07) is 7.78. The summed E-state index contributed by atoms with van der Waals surface area (Å²) in [5, 5.41) is 20.4. The van der Waals surface area contributed by atoms with Crippen molar-refractivity contribution >= 4 is 41.5 Å². The van der Waals surface area contributed by atoms with Crippen LogP contribution in [0.15, 0.2) is 29.4 Å². The normalized spacial score (nSPS) is 14.2. The van der Waals surface area contributed by atoms with Crippen LogP contribution in [0.4, 0.5) is 0 Å². The third-order valence-electron chi connectivity index (χ3n) is 5.67. The molecule has 8 nitrogen and oxygen atoms in total. The van der Waals surface area contributed by atoms with Crippen LogP contribution >= 0.6 is 35.6 Å². The van der Waals surface area contributed by atoms with Crippen LogP contribution in [0.25, 0.3) is 11.4 Å². The number of carbonyl (C=O) groups excluding carboxylic acids is 1. The second-order valence-electron chi connectivity index (χ2n) is 7.81. The molecule has 1 saturated carbocycles. The monoisotopic (exact) mass is 491 g/mol. The van der Waals surface area contributed by atoms with Gasteiger partial charge in [0.15, 0.2) is 15.8 Å². The lowest BCUT2D eigenvalue weighted by molar-refractivity contribution is -0.121. The average Bonchev–Trinajstić information content (AvgIpc) is 3.53. The molecule has 3 aromatic rings. The highest BCUT2D eigenvalue weighted by Crippen LogP contribution is 2.33. The number of hydrogen-bond acceptors (Lipinski definition) is 6. The van der Waals surface area contributed by atoms with Gasteiger partial charge in [-0.05, 0) is 62.0 Å². The second kappa shape index (κ2) is 10.6. The zero-order chi connectivity index (χ0) is 22.5. The summed E-state index contributed by atoms with van der Waals surface area (Å²) in [4.78, 5) is 12.6. The van der Waals surface area contributed by atoms with E-state index in [1.165, 1.54) is 25.7 Å². The molecule has 0 aliphatic heterocycles. The van der Waals surface area contributed by atoms with Gasteiger partial charge in [-0.25, -0.2) is 0 Å². The van der Waals surface area contributed by atoms with Crippen LogP contribution in [0.5, 0.6) is 0 Å². The van der Waals surface area contributed by atoms with Crippen molar-refractivity contribution in [3.63, 3.8) is 0 Å². The molecule has 0 spiro atoms. The minimum absolute atomic E-state index is 0.0994. The largest absolute Gasteiger partial charge is 0.355 e. The number of hydrogen-bond donors (Lipinski definition) is 2. The molecule has 2 heterocycles. The fourth-order valence-corrected chi connectivity index (χ4v) is 5.00. The number of rotatable bonds is 9. The number of aryl methyl sites for hydroxylation is 1. The Morgan fingerprint density at radius 1 is 1.28 bits per heavy atom. The summed E-state index contributed by atoms with van der Waals surface area (Å²) in [6.07, 6.45) is 8.53. The predicted molar refractivity (Wildman–Crippen MR) is 128 cm³/mol.